The number of hydrogen-bond acceptors (Lipinski definition) is 1. The van der Waals surface area contributed by atoms with Gasteiger partial charge in [-0.05, 0) is 0 Å². The molecule has 1 aromatic rings. The third kappa shape index (κ3) is 4.56. The number of rotatable bonds is 6. The molecule has 0 atom stereocenters. The second-order valence-corrected chi connectivity index (χ2v) is 26.0. The van der Waals surface area contributed by atoms with Gasteiger partial charge in [0.05, 0.1) is 0 Å². The van der Waals surface area contributed by atoms with Gasteiger partial charge in [0.15, 0.2) is 0 Å². The van der Waals surface area contributed by atoms with E-state index in [4.69, 9.17) is 6.58 Å². The molecular weight excluding hydrogens is 463 g/mol. The molecule has 0 N–H and O–H groups in total. The van der Waals surface area contributed by atoms with Crippen molar-refractivity contribution in [1.82, 2.24) is 0 Å². The molecule has 0 spiro atoms. The van der Waals surface area contributed by atoms with E-state index in [0.29, 0.717) is 0 Å². The van der Waals surface area contributed by atoms with Crippen LogP contribution >= 0.6 is 11.8 Å². The van der Waals surface area contributed by atoms with Crippen LogP contribution in [-0.4, -0.2) is 18.4 Å². The number of hydrogen-bond donors (Lipinski definition) is 0. The van der Waals surface area contributed by atoms with E-state index in [0.717, 1.165) is 11.8 Å². The van der Waals surface area contributed by atoms with Gasteiger partial charge in [-0.1, -0.05) is 0 Å². The normalized spacial score (nSPS) is 23.6. The van der Waals surface area contributed by atoms with Crippen molar-refractivity contribution in [2.24, 2.45) is 0 Å². The Bertz CT molecular complexity index is 561. The zero-order chi connectivity index (χ0) is 19.2. The Morgan fingerprint density at radius 3 is 1.43 bits per heavy atom. The van der Waals surface area contributed by atoms with Crippen LogP contribution in [0.4, 0.5) is 0 Å². The molecule has 0 heterocycles. The molecule has 3 fully saturated rings. The van der Waals surface area contributed by atoms with Crippen LogP contribution in [0.15, 0.2) is 44.7 Å². The molecule has 3 aliphatic carbocycles. The minimum atomic E-state index is -2.64. The van der Waals surface area contributed by atoms with Crippen molar-refractivity contribution in [1.29, 1.82) is 0 Å². The SMILES string of the molecule is C=[C](Sc1ccccc1)[Sn]([CH]1CCCCC1)([CH]1CCCCC1)[CH]1CCCCC1. The summed E-state index contributed by atoms with van der Waals surface area (Å²) in [5.74, 6) is 0. The molecule has 2 heteroatoms. The van der Waals surface area contributed by atoms with Gasteiger partial charge in [-0.2, -0.15) is 0 Å². The quantitative estimate of drug-likeness (QED) is 0.275. The van der Waals surface area contributed by atoms with E-state index in [1.54, 1.807) is 41.4 Å². The molecule has 4 rings (SSSR count). The first-order chi connectivity index (χ1) is 13.8. The fraction of sp³-hybridized carbons (Fsp3) is 0.692. The molecule has 0 aliphatic heterocycles. The Kier molecular flexibility index (Phi) is 7.94. The van der Waals surface area contributed by atoms with E-state index < -0.39 is 18.4 Å². The fourth-order valence-electron chi connectivity index (χ4n) is 7.14. The van der Waals surface area contributed by atoms with Gasteiger partial charge >= 0.3 is 183 Å². The van der Waals surface area contributed by atoms with Gasteiger partial charge in [0.25, 0.3) is 0 Å². The summed E-state index contributed by atoms with van der Waals surface area (Å²) in [5, 5.41) is 0. The van der Waals surface area contributed by atoms with Gasteiger partial charge in [-0.3, -0.25) is 0 Å². The molecule has 1 aromatic carbocycles. The average molecular weight is 503 g/mol. The van der Waals surface area contributed by atoms with E-state index in [-0.39, 0.29) is 0 Å². The van der Waals surface area contributed by atoms with Crippen molar-refractivity contribution >= 4 is 30.1 Å². The van der Waals surface area contributed by atoms with Crippen molar-refractivity contribution in [3.05, 3.63) is 39.8 Å². The van der Waals surface area contributed by atoms with Gasteiger partial charge in [0.1, 0.15) is 0 Å². The van der Waals surface area contributed by atoms with Crippen LogP contribution in [0.1, 0.15) is 96.3 Å². The summed E-state index contributed by atoms with van der Waals surface area (Å²) in [6.07, 6.45) is 22.8. The van der Waals surface area contributed by atoms with E-state index in [1.807, 2.05) is 0 Å². The third-order valence-electron chi connectivity index (χ3n) is 8.31. The van der Waals surface area contributed by atoms with Crippen LogP contribution in [0.3, 0.4) is 0 Å². The summed E-state index contributed by atoms with van der Waals surface area (Å²) < 4.78 is 5.04. The predicted octanol–water partition coefficient (Wildman–Crippen LogP) is 9.28. The van der Waals surface area contributed by atoms with Gasteiger partial charge in [-0.15, -0.1) is 0 Å². The molecule has 0 bridgehead atoms. The van der Waals surface area contributed by atoms with Crippen LogP contribution < -0.4 is 0 Å². The molecular formula is C26H40SSn. The molecule has 0 saturated heterocycles. The Balaban J connectivity index is 1.72. The van der Waals surface area contributed by atoms with Crippen LogP contribution in [0.25, 0.3) is 0 Å². The van der Waals surface area contributed by atoms with Crippen molar-refractivity contribution in [3.63, 3.8) is 0 Å². The second-order valence-electron chi connectivity index (χ2n) is 9.78. The van der Waals surface area contributed by atoms with E-state index in [1.165, 1.54) is 62.7 Å². The predicted molar refractivity (Wildman–Crippen MR) is 128 cm³/mol. The van der Waals surface area contributed by atoms with Crippen molar-refractivity contribution in [2.75, 3.05) is 0 Å². The molecule has 3 aliphatic rings. The first-order valence-corrected chi connectivity index (χ1v) is 19.4. The minimum absolute atomic E-state index is 1.10. The summed E-state index contributed by atoms with van der Waals surface area (Å²) in [4.78, 5) is 1.45. The summed E-state index contributed by atoms with van der Waals surface area (Å²) in [6, 6.07) is 11.3. The van der Waals surface area contributed by atoms with E-state index >= 15 is 0 Å². The zero-order valence-electron chi connectivity index (χ0n) is 17.8. The molecule has 3 saturated carbocycles. The molecule has 154 valence electrons. The zero-order valence-corrected chi connectivity index (χ0v) is 21.5. The first-order valence-electron chi connectivity index (χ1n) is 12.2. The summed E-state index contributed by atoms with van der Waals surface area (Å²) in [6.45, 7) is 5.00. The van der Waals surface area contributed by atoms with Crippen LogP contribution in [0.2, 0.25) is 11.8 Å². The summed E-state index contributed by atoms with van der Waals surface area (Å²) in [5.41, 5.74) is 0. The Morgan fingerprint density at radius 1 is 0.643 bits per heavy atom. The van der Waals surface area contributed by atoms with Crippen LogP contribution in [-0.2, 0) is 0 Å². The average Bonchev–Trinajstić information content (AvgIpc) is 2.77. The molecule has 28 heavy (non-hydrogen) atoms. The van der Waals surface area contributed by atoms with Gasteiger partial charge in [-0.25, -0.2) is 0 Å². The molecule has 0 unspecified atom stereocenters. The number of thioether (sulfide) groups is 1. The second kappa shape index (κ2) is 10.4. The summed E-state index contributed by atoms with van der Waals surface area (Å²) in [7, 11) is 0. The topological polar surface area (TPSA) is 0 Å². The van der Waals surface area contributed by atoms with E-state index in [9.17, 15) is 0 Å². The van der Waals surface area contributed by atoms with Gasteiger partial charge in [0.2, 0.25) is 0 Å². The van der Waals surface area contributed by atoms with Gasteiger partial charge < -0.3 is 0 Å². The molecule has 0 nitrogen and oxygen atoms in total. The standard InChI is InChI=1S/C8H7S.3C6H11.Sn/c1-2-9-8-6-4-3-5-7-8;3*1-2-4-6-5-3-1;/h3-7H,1H2;3*1H,2-6H2;. The first kappa shape index (κ1) is 21.3. The number of benzene rings is 1. The molecule has 0 aromatic heterocycles. The van der Waals surface area contributed by atoms with Crippen LogP contribution in [0.5, 0.6) is 0 Å². The maximum atomic E-state index is 5.00. The van der Waals surface area contributed by atoms with E-state index in [2.05, 4.69) is 42.1 Å². The Morgan fingerprint density at radius 2 is 1.04 bits per heavy atom. The Labute approximate surface area is 182 Å². The molecule has 0 amide bonds. The monoisotopic (exact) mass is 504 g/mol. The maximum absolute atomic E-state index is 5.00. The van der Waals surface area contributed by atoms with Crippen LogP contribution in [0, 0.1) is 0 Å². The van der Waals surface area contributed by atoms with Crippen molar-refractivity contribution < 1.29 is 0 Å². The summed E-state index contributed by atoms with van der Waals surface area (Å²) >= 11 is -0.505. The molecule has 0 radical (unpaired) electrons. The Hall–Kier alpha value is 0.109. The third-order valence-corrected chi connectivity index (χ3v) is 31.6. The van der Waals surface area contributed by atoms with Crippen molar-refractivity contribution in [3.8, 4) is 0 Å². The fourth-order valence-corrected chi connectivity index (χ4v) is 35.1. The van der Waals surface area contributed by atoms with Crippen molar-refractivity contribution in [2.45, 2.75) is 113 Å². The van der Waals surface area contributed by atoms with Gasteiger partial charge in [0, 0.05) is 0 Å².